The van der Waals surface area contributed by atoms with Gasteiger partial charge in [0.2, 0.25) is 0 Å². The molecule has 0 fully saturated rings. The number of aryl methyl sites for hydroxylation is 2. The summed E-state index contributed by atoms with van der Waals surface area (Å²) in [6.45, 7) is 3.79. The van der Waals surface area contributed by atoms with Crippen LogP contribution in [0.2, 0.25) is 0 Å². The maximum Gasteiger partial charge on any atom is 0.145 e. The molecule has 0 spiro atoms. The molecule has 3 heteroatoms. The molecule has 1 N–H and O–H groups in total. The van der Waals surface area contributed by atoms with Gasteiger partial charge in [-0.1, -0.05) is 18.3 Å². The molecule has 0 aliphatic carbocycles. The monoisotopic (exact) mass is 155 g/mol. The van der Waals surface area contributed by atoms with Gasteiger partial charge in [0, 0.05) is 6.20 Å². The lowest BCUT2D eigenvalue weighted by molar-refractivity contribution is 0.179. The second-order valence-electron chi connectivity index (χ2n) is 2.35. The van der Waals surface area contributed by atoms with Gasteiger partial charge < -0.3 is 5.21 Å². The standard InChI is InChI=1S/C7H9NOS/c1-5-3-6(2)7(10)8(9)4-5/h3-4,9H,1-2H3. The minimum atomic E-state index is 0.477. The molecule has 1 aromatic rings. The van der Waals surface area contributed by atoms with Crippen molar-refractivity contribution in [3.63, 3.8) is 0 Å². The van der Waals surface area contributed by atoms with E-state index in [1.807, 2.05) is 19.9 Å². The van der Waals surface area contributed by atoms with Crippen molar-refractivity contribution in [1.29, 1.82) is 0 Å². The van der Waals surface area contributed by atoms with Crippen molar-refractivity contribution >= 4 is 12.2 Å². The summed E-state index contributed by atoms with van der Waals surface area (Å²) in [5.41, 5.74) is 1.94. The molecule has 0 aliphatic rings. The van der Waals surface area contributed by atoms with Gasteiger partial charge in [-0.15, -0.1) is 0 Å². The average Bonchev–Trinajstić information content (AvgIpc) is 1.82. The molecule has 0 bridgehead atoms. The summed E-state index contributed by atoms with van der Waals surface area (Å²) >= 11 is 4.87. The second-order valence-corrected chi connectivity index (χ2v) is 2.74. The van der Waals surface area contributed by atoms with Crippen molar-refractivity contribution in [2.24, 2.45) is 0 Å². The molecule has 1 rings (SSSR count). The Morgan fingerprint density at radius 2 is 2.10 bits per heavy atom. The fraction of sp³-hybridized carbons (Fsp3) is 0.286. The Balaban J connectivity index is 3.46. The number of hydrogen-bond acceptors (Lipinski definition) is 2. The predicted octanol–water partition coefficient (Wildman–Crippen LogP) is 2.07. The first-order valence-corrected chi connectivity index (χ1v) is 3.41. The highest BCUT2D eigenvalue weighted by Gasteiger charge is 1.93. The van der Waals surface area contributed by atoms with Crippen molar-refractivity contribution in [3.8, 4) is 0 Å². The molecule has 10 heavy (non-hydrogen) atoms. The lowest BCUT2D eigenvalue weighted by Gasteiger charge is -2.00. The molecular formula is C7H9NOS. The quantitative estimate of drug-likeness (QED) is 0.458. The zero-order valence-corrected chi connectivity index (χ0v) is 6.77. The predicted molar refractivity (Wildman–Crippen MR) is 41.9 cm³/mol. The van der Waals surface area contributed by atoms with Crippen LogP contribution in [0.4, 0.5) is 0 Å². The van der Waals surface area contributed by atoms with E-state index in [0.717, 1.165) is 15.9 Å². The van der Waals surface area contributed by atoms with Crippen LogP contribution in [0.25, 0.3) is 0 Å². The van der Waals surface area contributed by atoms with Gasteiger partial charge in [-0.25, -0.2) is 0 Å². The zero-order valence-electron chi connectivity index (χ0n) is 5.96. The molecular weight excluding hydrogens is 146 g/mol. The van der Waals surface area contributed by atoms with Gasteiger partial charge in [-0.05, 0) is 25.0 Å². The van der Waals surface area contributed by atoms with E-state index in [0.29, 0.717) is 4.64 Å². The van der Waals surface area contributed by atoms with Crippen LogP contribution in [0.15, 0.2) is 12.3 Å². The molecule has 1 aromatic heterocycles. The van der Waals surface area contributed by atoms with Crippen molar-refractivity contribution in [3.05, 3.63) is 28.0 Å². The second kappa shape index (κ2) is 2.42. The van der Waals surface area contributed by atoms with E-state index in [1.54, 1.807) is 6.20 Å². The van der Waals surface area contributed by atoms with E-state index in [4.69, 9.17) is 17.4 Å². The van der Waals surface area contributed by atoms with Crippen LogP contribution in [-0.2, 0) is 0 Å². The maximum atomic E-state index is 9.09. The van der Waals surface area contributed by atoms with E-state index in [2.05, 4.69) is 0 Å². The first-order chi connectivity index (χ1) is 4.61. The molecule has 0 saturated carbocycles. The van der Waals surface area contributed by atoms with Crippen molar-refractivity contribution in [2.75, 3.05) is 0 Å². The summed E-state index contributed by atoms with van der Waals surface area (Å²) in [7, 11) is 0. The van der Waals surface area contributed by atoms with Gasteiger partial charge >= 0.3 is 0 Å². The third kappa shape index (κ3) is 1.19. The Morgan fingerprint density at radius 3 is 2.60 bits per heavy atom. The van der Waals surface area contributed by atoms with Crippen LogP contribution in [0, 0.1) is 18.5 Å². The molecule has 54 valence electrons. The maximum absolute atomic E-state index is 9.09. The van der Waals surface area contributed by atoms with Gasteiger partial charge in [0.1, 0.15) is 4.64 Å². The highest BCUT2D eigenvalue weighted by molar-refractivity contribution is 7.71. The fourth-order valence-corrected chi connectivity index (χ4v) is 0.984. The van der Waals surface area contributed by atoms with E-state index >= 15 is 0 Å². The van der Waals surface area contributed by atoms with Gasteiger partial charge in [0.25, 0.3) is 0 Å². The number of pyridine rings is 1. The minimum Gasteiger partial charge on any atom is -0.428 e. The first-order valence-electron chi connectivity index (χ1n) is 3.00. The van der Waals surface area contributed by atoms with E-state index in [1.165, 1.54) is 0 Å². The molecule has 0 aliphatic heterocycles. The topological polar surface area (TPSA) is 25.2 Å². The first kappa shape index (κ1) is 7.28. The summed E-state index contributed by atoms with van der Waals surface area (Å²) in [6.07, 6.45) is 1.59. The highest BCUT2D eigenvalue weighted by Crippen LogP contribution is 2.03. The van der Waals surface area contributed by atoms with E-state index < -0.39 is 0 Å². The molecule has 0 radical (unpaired) electrons. The lowest BCUT2D eigenvalue weighted by atomic mass is 10.2. The Morgan fingerprint density at radius 1 is 1.50 bits per heavy atom. The third-order valence-corrected chi connectivity index (χ3v) is 1.82. The zero-order chi connectivity index (χ0) is 7.72. The summed E-state index contributed by atoms with van der Waals surface area (Å²) in [5.74, 6) is 0. The van der Waals surface area contributed by atoms with E-state index in [-0.39, 0.29) is 0 Å². The van der Waals surface area contributed by atoms with Crippen LogP contribution in [0.5, 0.6) is 0 Å². The third-order valence-electron chi connectivity index (χ3n) is 1.32. The number of rotatable bonds is 0. The number of nitrogens with zero attached hydrogens (tertiary/aromatic N) is 1. The van der Waals surface area contributed by atoms with Crippen LogP contribution < -0.4 is 0 Å². The Labute approximate surface area is 64.7 Å². The van der Waals surface area contributed by atoms with E-state index in [9.17, 15) is 0 Å². The normalized spacial score (nSPS) is 9.80. The summed E-state index contributed by atoms with van der Waals surface area (Å²) in [4.78, 5) is 0. The van der Waals surface area contributed by atoms with Crippen LogP contribution >= 0.6 is 12.2 Å². The molecule has 0 atom stereocenters. The summed E-state index contributed by atoms with van der Waals surface area (Å²) in [5, 5.41) is 9.09. The minimum absolute atomic E-state index is 0.477. The SMILES string of the molecule is Cc1cc(C)c(=S)n(O)c1. The smallest absolute Gasteiger partial charge is 0.145 e. The summed E-state index contributed by atoms with van der Waals surface area (Å²) < 4.78 is 1.45. The molecule has 2 nitrogen and oxygen atoms in total. The van der Waals surface area contributed by atoms with Gasteiger partial charge in [-0.3, -0.25) is 0 Å². The summed E-state index contributed by atoms with van der Waals surface area (Å²) in [6, 6.07) is 1.94. The Bertz CT molecular complexity index is 277. The molecule has 0 amide bonds. The van der Waals surface area contributed by atoms with Crippen LogP contribution in [-0.4, -0.2) is 9.94 Å². The number of hydrogen-bond donors (Lipinski definition) is 1. The van der Waals surface area contributed by atoms with Crippen LogP contribution in [0.3, 0.4) is 0 Å². The molecule has 1 heterocycles. The van der Waals surface area contributed by atoms with Crippen LogP contribution in [0.1, 0.15) is 11.1 Å². The Hall–Kier alpha value is -0.830. The molecule has 0 unspecified atom stereocenters. The van der Waals surface area contributed by atoms with Gasteiger partial charge in [-0.2, -0.15) is 4.73 Å². The molecule has 0 aromatic carbocycles. The lowest BCUT2D eigenvalue weighted by Crippen LogP contribution is -1.96. The highest BCUT2D eigenvalue weighted by atomic mass is 32.1. The van der Waals surface area contributed by atoms with Crippen molar-refractivity contribution in [2.45, 2.75) is 13.8 Å². The van der Waals surface area contributed by atoms with Gasteiger partial charge in [0.05, 0.1) is 0 Å². The largest absolute Gasteiger partial charge is 0.428 e. The number of aromatic nitrogens is 1. The Kier molecular flexibility index (Phi) is 1.76. The van der Waals surface area contributed by atoms with Gasteiger partial charge in [0.15, 0.2) is 0 Å². The van der Waals surface area contributed by atoms with Crippen molar-refractivity contribution < 1.29 is 5.21 Å². The fourth-order valence-electron chi connectivity index (χ4n) is 0.873. The van der Waals surface area contributed by atoms with Crippen molar-refractivity contribution in [1.82, 2.24) is 4.73 Å². The molecule has 0 saturated heterocycles. The average molecular weight is 155 g/mol.